The van der Waals surface area contributed by atoms with Gasteiger partial charge in [0.2, 0.25) is 6.41 Å². The van der Waals surface area contributed by atoms with Crippen LogP contribution in [-0.2, 0) is 11.2 Å². The van der Waals surface area contributed by atoms with Gasteiger partial charge < -0.3 is 20.0 Å². The Labute approximate surface area is 187 Å². The lowest BCUT2D eigenvalue weighted by Gasteiger charge is -2.33. The molecule has 0 saturated carbocycles. The quantitative estimate of drug-likeness (QED) is 0.373. The van der Waals surface area contributed by atoms with Crippen LogP contribution in [0, 0.1) is 0 Å². The van der Waals surface area contributed by atoms with Gasteiger partial charge in [-0.3, -0.25) is 4.79 Å². The number of amides is 1. The Bertz CT molecular complexity index is 930. The number of carbonyl (C=O) groups is 1. The van der Waals surface area contributed by atoms with E-state index in [2.05, 4.69) is 46.8 Å². The molecule has 2 heterocycles. The molecular formula is C24H32BrN3O2. The van der Waals surface area contributed by atoms with Gasteiger partial charge in [0, 0.05) is 46.4 Å². The fourth-order valence-corrected chi connectivity index (χ4v) is 4.63. The number of hydrogen-bond donors (Lipinski definition) is 1. The smallest absolute Gasteiger partial charge is 0.214 e. The van der Waals surface area contributed by atoms with E-state index in [0.29, 0.717) is 19.0 Å². The Morgan fingerprint density at radius 3 is 2.80 bits per heavy atom. The maximum absolute atomic E-state index is 11.8. The van der Waals surface area contributed by atoms with Gasteiger partial charge in [-0.05, 0) is 92.2 Å². The number of hydrogen-bond acceptors (Lipinski definition) is 4. The van der Waals surface area contributed by atoms with Crippen molar-refractivity contribution in [1.29, 1.82) is 0 Å². The minimum absolute atomic E-state index is 0.0263. The highest BCUT2D eigenvalue weighted by Crippen LogP contribution is 2.30. The van der Waals surface area contributed by atoms with Gasteiger partial charge in [0.25, 0.3) is 0 Å². The van der Waals surface area contributed by atoms with Gasteiger partial charge in [-0.1, -0.05) is 6.08 Å². The number of nitrogens with two attached hydrogens (primary N) is 1. The van der Waals surface area contributed by atoms with Gasteiger partial charge in [0.1, 0.15) is 5.58 Å². The van der Waals surface area contributed by atoms with Gasteiger partial charge in [-0.2, -0.15) is 0 Å². The first-order valence-electron chi connectivity index (χ1n) is 10.7. The van der Waals surface area contributed by atoms with Crippen LogP contribution in [0.25, 0.3) is 11.0 Å². The number of furan rings is 1. The monoisotopic (exact) mass is 473 g/mol. The molecule has 1 aromatic heterocycles. The van der Waals surface area contributed by atoms with Crippen LogP contribution in [0.3, 0.4) is 0 Å². The standard InChI is InChI=1S/C24H32BrN3O2/c1-17(2)28-11-6-7-22(25)23(28)8-4-5-10-27(16-29)21-14-19-9-12-30-24(19)20(15-21)13-18(3)26/h6-7,9,12,14-18H,4-5,8,10-11,13,26H2,1-3H3. The Morgan fingerprint density at radius 1 is 1.30 bits per heavy atom. The first-order valence-corrected chi connectivity index (χ1v) is 11.5. The Kier molecular flexibility index (Phi) is 7.78. The fraction of sp³-hybridized carbons (Fsp3) is 0.458. The highest BCUT2D eigenvalue weighted by molar-refractivity contribution is 9.11. The molecule has 0 aliphatic carbocycles. The Morgan fingerprint density at radius 2 is 2.10 bits per heavy atom. The molecule has 3 rings (SSSR count). The predicted octanol–water partition coefficient (Wildman–Crippen LogP) is 5.34. The summed E-state index contributed by atoms with van der Waals surface area (Å²) in [7, 11) is 0. The van der Waals surface area contributed by atoms with E-state index in [1.807, 2.05) is 25.1 Å². The minimum atomic E-state index is 0.0263. The minimum Gasteiger partial charge on any atom is -0.464 e. The molecule has 1 aliphatic heterocycles. The van der Waals surface area contributed by atoms with Crippen LogP contribution >= 0.6 is 15.9 Å². The molecule has 0 radical (unpaired) electrons. The van der Waals surface area contributed by atoms with Crippen LogP contribution in [0.5, 0.6) is 0 Å². The van der Waals surface area contributed by atoms with Gasteiger partial charge in [0.05, 0.1) is 6.26 Å². The van der Waals surface area contributed by atoms with Gasteiger partial charge >= 0.3 is 0 Å². The van der Waals surface area contributed by atoms with Crippen LogP contribution in [0.2, 0.25) is 0 Å². The molecule has 1 unspecified atom stereocenters. The molecule has 2 aromatic rings. The van der Waals surface area contributed by atoms with Crippen LogP contribution < -0.4 is 10.6 Å². The zero-order valence-electron chi connectivity index (χ0n) is 18.1. The van der Waals surface area contributed by atoms with E-state index < -0.39 is 0 Å². The molecule has 0 fully saturated rings. The van der Waals surface area contributed by atoms with E-state index in [4.69, 9.17) is 10.2 Å². The van der Waals surface area contributed by atoms with Crippen molar-refractivity contribution in [3.63, 3.8) is 0 Å². The summed E-state index contributed by atoms with van der Waals surface area (Å²) >= 11 is 3.71. The summed E-state index contributed by atoms with van der Waals surface area (Å²) in [5, 5.41) is 1.01. The molecule has 1 amide bonds. The van der Waals surface area contributed by atoms with Crippen molar-refractivity contribution < 1.29 is 9.21 Å². The lowest BCUT2D eigenvalue weighted by molar-refractivity contribution is -0.107. The largest absolute Gasteiger partial charge is 0.464 e. The lowest BCUT2D eigenvalue weighted by atomic mass is 10.0. The molecule has 1 atom stereocenters. The summed E-state index contributed by atoms with van der Waals surface area (Å²) in [5.41, 5.74) is 10.2. The highest BCUT2D eigenvalue weighted by Gasteiger charge is 2.18. The normalized spacial score (nSPS) is 15.3. The Balaban J connectivity index is 1.66. The number of benzene rings is 1. The second-order valence-corrected chi connectivity index (χ2v) is 9.18. The van der Waals surface area contributed by atoms with Crippen LogP contribution in [0.4, 0.5) is 5.69 Å². The fourth-order valence-electron chi connectivity index (χ4n) is 4.02. The second-order valence-electron chi connectivity index (χ2n) is 8.32. The summed E-state index contributed by atoms with van der Waals surface area (Å²) in [6.45, 7) is 8.06. The lowest BCUT2D eigenvalue weighted by Crippen LogP contribution is -2.32. The highest BCUT2D eigenvalue weighted by atomic mass is 79.9. The maximum Gasteiger partial charge on any atom is 0.214 e. The van der Waals surface area contributed by atoms with Gasteiger partial charge in [-0.25, -0.2) is 0 Å². The number of nitrogens with zero attached hydrogens (tertiary/aromatic N) is 2. The van der Waals surface area contributed by atoms with Crippen molar-refractivity contribution in [1.82, 2.24) is 4.90 Å². The van der Waals surface area contributed by atoms with E-state index in [9.17, 15) is 4.79 Å². The zero-order valence-corrected chi connectivity index (χ0v) is 19.7. The molecule has 6 heteroatoms. The number of halogens is 1. The third-order valence-corrected chi connectivity index (χ3v) is 6.21. The SMILES string of the molecule is CC(N)Cc1cc(N(C=O)CCCCC2=C(Br)C=CCN2C(C)C)cc2ccoc12. The molecular weight excluding hydrogens is 442 g/mol. The van der Waals surface area contributed by atoms with Crippen molar-refractivity contribution in [2.45, 2.75) is 58.5 Å². The summed E-state index contributed by atoms with van der Waals surface area (Å²) < 4.78 is 6.81. The average Bonchev–Trinajstić information content (AvgIpc) is 3.17. The van der Waals surface area contributed by atoms with Crippen molar-refractivity contribution in [2.75, 3.05) is 18.0 Å². The number of rotatable bonds is 10. The molecule has 1 aliphatic rings. The van der Waals surface area contributed by atoms with Gasteiger partial charge in [0.15, 0.2) is 0 Å². The average molecular weight is 474 g/mol. The molecule has 0 saturated heterocycles. The molecule has 162 valence electrons. The van der Waals surface area contributed by atoms with Crippen molar-refractivity contribution >= 4 is 39.0 Å². The Hall–Kier alpha value is -2.05. The first-order chi connectivity index (χ1) is 14.4. The maximum atomic E-state index is 11.8. The van der Waals surface area contributed by atoms with E-state index in [1.54, 1.807) is 11.2 Å². The predicted molar refractivity (Wildman–Crippen MR) is 128 cm³/mol. The van der Waals surface area contributed by atoms with E-state index in [1.165, 1.54) is 10.2 Å². The summed E-state index contributed by atoms with van der Waals surface area (Å²) in [6, 6.07) is 6.49. The van der Waals surface area contributed by atoms with Crippen LogP contribution in [0.1, 0.15) is 45.6 Å². The molecule has 2 N–H and O–H groups in total. The third kappa shape index (κ3) is 5.35. The summed E-state index contributed by atoms with van der Waals surface area (Å²) in [6.07, 6.45) is 10.6. The molecule has 30 heavy (non-hydrogen) atoms. The zero-order chi connectivity index (χ0) is 21.7. The number of allylic oxidation sites excluding steroid dienone is 3. The number of unbranched alkanes of at least 4 members (excludes halogenated alkanes) is 1. The van der Waals surface area contributed by atoms with E-state index in [-0.39, 0.29) is 6.04 Å². The molecule has 1 aromatic carbocycles. The summed E-state index contributed by atoms with van der Waals surface area (Å²) in [4.78, 5) is 16.1. The van der Waals surface area contributed by atoms with Crippen molar-refractivity contribution in [2.24, 2.45) is 5.73 Å². The molecule has 5 nitrogen and oxygen atoms in total. The van der Waals surface area contributed by atoms with Crippen LogP contribution in [-0.4, -0.2) is 36.5 Å². The van der Waals surface area contributed by atoms with Crippen molar-refractivity contribution in [3.05, 3.63) is 52.4 Å². The second kappa shape index (κ2) is 10.3. The number of fused-ring (bicyclic) bond motifs is 1. The first kappa shape index (κ1) is 22.6. The van der Waals surface area contributed by atoms with E-state index >= 15 is 0 Å². The molecule has 0 bridgehead atoms. The van der Waals surface area contributed by atoms with Crippen LogP contribution in [0.15, 0.2) is 51.2 Å². The topological polar surface area (TPSA) is 62.7 Å². The van der Waals surface area contributed by atoms with Gasteiger partial charge in [-0.15, -0.1) is 0 Å². The van der Waals surface area contributed by atoms with E-state index in [0.717, 1.165) is 54.4 Å². The molecule has 0 spiro atoms. The number of anilines is 1. The third-order valence-electron chi connectivity index (χ3n) is 5.49. The van der Waals surface area contributed by atoms with Crippen molar-refractivity contribution in [3.8, 4) is 0 Å². The summed E-state index contributed by atoms with van der Waals surface area (Å²) in [5.74, 6) is 0. The number of carbonyl (C=O) groups excluding carboxylic acids is 1.